The van der Waals surface area contributed by atoms with E-state index in [0.29, 0.717) is 6.04 Å². The van der Waals surface area contributed by atoms with E-state index in [4.69, 9.17) is 0 Å². The third-order valence-electron chi connectivity index (χ3n) is 2.69. The summed E-state index contributed by atoms with van der Waals surface area (Å²) < 4.78 is 0. The molecule has 1 aromatic rings. The zero-order valence-corrected chi connectivity index (χ0v) is 10.4. The van der Waals surface area contributed by atoms with E-state index in [-0.39, 0.29) is 0 Å². The number of hydrogen-bond acceptors (Lipinski definition) is 2. The second-order valence-corrected chi connectivity index (χ2v) is 5.30. The molecule has 14 heavy (non-hydrogen) atoms. The van der Waals surface area contributed by atoms with Gasteiger partial charge in [-0.2, -0.15) is 0 Å². The fourth-order valence-electron chi connectivity index (χ4n) is 1.95. The van der Waals surface area contributed by atoms with Crippen molar-refractivity contribution in [1.29, 1.82) is 0 Å². The quantitative estimate of drug-likeness (QED) is 0.782. The molecule has 0 bridgehead atoms. The van der Waals surface area contributed by atoms with Crippen LogP contribution in [0, 0.1) is 12.8 Å². The van der Waals surface area contributed by atoms with Gasteiger partial charge < -0.3 is 5.32 Å². The molecular weight excluding hydrogens is 190 g/mol. The maximum Gasteiger partial charge on any atom is 0.0438 e. The number of thiophene rings is 1. The lowest BCUT2D eigenvalue weighted by atomic mass is 9.96. The van der Waals surface area contributed by atoms with Gasteiger partial charge in [-0.1, -0.05) is 20.3 Å². The van der Waals surface area contributed by atoms with Gasteiger partial charge in [-0.3, -0.25) is 0 Å². The van der Waals surface area contributed by atoms with E-state index >= 15 is 0 Å². The van der Waals surface area contributed by atoms with Gasteiger partial charge in [-0.25, -0.2) is 0 Å². The Bertz CT molecular complexity index is 267. The van der Waals surface area contributed by atoms with Gasteiger partial charge in [0.1, 0.15) is 0 Å². The maximum absolute atomic E-state index is 3.43. The molecule has 0 aliphatic rings. The lowest BCUT2D eigenvalue weighted by Gasteiger charge is -2.21. The first-order valence-electron chi connectivity index (χ1n) is 5.42. The highest BCUT2D eigenvalue weighted by molar-refractivity contribution is 7.12. The van der Waals surface area contributed by atoms with Gasteiger partial charge in [-0.05, 0) is 38.4 Å². The zero-order valence-electron chi connectivity index (χ0n) is 9.63. The average molecular weight is 211 g/mol. The van der Waals surface area contributed by atoms with Crippen molar-refractivity contribution in [2.75, 3.05) is 7.05 Å². The van der Waals surface area contributed by atoms with Crippen LogP contribution in [-0.2, 0) is 0 Å². The molecule has 0 saturated heterocycles. The molecule has 2 unspecified atom stereocenters. The molecule has 0 radical (unpaired) electrons. The van der Waals surface area contributed by atoms with Crippen LogP contribution in [-0.4, -0.2) is 7.05 Å². The van der Waals surface area contributed by atoms with Crippen molar-refractivity contribution >= 4 is 11.3 Å². The third-order valence-corrected chi connectivity index (χ3v) is 3.78. The average Bonchev–Trinajstić information content (AvgIpc) is 2.54. The minimum absolute atomic E-state index is 0.536. The van der Waals surface area contributed by atoms with Crippen LogP contribution in [0.4, 0.5) is 0 Å². The van der Waals surface area contributed by atoms with Gasteiger partial charge in [0.25, 0.3) is 0 Å². The Labute approximate surface area is 91.5 Å². The molecule has 1 aromatic heterocycles. The van der Waals surface area contributed by atoms with Crippen LogP contribution < -0.4 is 5.32 Å². The molecule has 1 rings (SSSR count). The second-order valence-electron chi connectivity index (χ2n) is 3.98. The molecule has 0 amide bonds. The van der Waals surface area contributed by atoms with Crippen molar-refractivity contribution in [1.82, 2.24) is 5.32 Å². The van der Waals surface area contributed by atoms with E-state index in [1.165, 1.54) is 22.6 Å². The van der Waals surface area contributed by atoms with E-state index in [1.54, 1.807) is 0 Å². The van der Waals surface area contributed by atoms with Crippen molar-refractivity contribution in [2.45, 2.75) is 39.7 Å². The molecule has 0 saturated carbocycles. The molecule has 2 heteroatoms. The molecule has 0 spiro atoms. The summed E-state index contributed by atoms with van der Waals surface area (Å²) in [6.07, 6.45) is 2.56. The normalized spacial score (nSPS) is 15.4. The monoisotopic (exact) mass is 211 g/mol. The van der Waals surface area contributed by atoms with Crippen LogP contribution in [0.25, 0.3) is 0 Å². The van der Waals surface area contributed by atoms with Crippen LogP contribution in [0.2, 0.25) is 0 Å². The highest BCUT2D eigenvalue weighted by atomic mass is 32.1. The molecule has 1 nitrogen and oxygen atoms in total. The Hall–Kier alpha value is -0.340. The standard InChI is InChI=1S/C12H21NS/c1-5-6-9(2)12(13-4)11-8-7-10(3)14-11/h7-9,12-13H,5-6H2,1-4H3. The van der Waals surface area contributed by atoms with Crippen LogP contribution in [0.5, 0.6) is 0 Å². The molecule has 2 atom stereocenters. The number of nitrogens with one attached hydrogen (secondary N) is 1. The van der Waals surface area contributed by atoms with Crippen molar-refractivity contribution < 1.29 is 0 Å². The summed E-state index contributed by atoms with van der Waals surface area (Å²) in [6, 6.07) is 5.00. The fraction of sp³-hybridized carbons (Fsp3) is 0.667. The summed E-state index contributed by atoms with van der Waals surface area (Å²) in [4.78, 5) is 2.88. The van der Waals surface area contributed by atoms with Crippen molar-refractivity contribution in [3.05, 3.63) is 21.9 Å². The van der Waals surface area contributed by atoms with Crippen LogP contribution in [0.3, 0.4) is 0 Å². The Balaban J connectivity index is 2.71. The van der Waals surface area contributed by atoms with E-state index < -0.39 is 0 Å². The van der Waals surface area contributed by atoms with Crippen LogP contribution in [0.15, 0.2) is 12.1 Å². The van der Waals surface area contributed by atoms with E-state index in [0.717, 1.165) is 5.92 Å². The fourth-order valence-corrected chi connectivity index (χ4v) is 3.07. The molecular formula is C12H21NS. The lowest BCUT2D eigenvalue weighted by Crippen LogP contribution is -2.22. The van der Waals surface area contributed by atoms with Crippen LogP contribution in [0.1, 0.15) is 42.5 Å². The van der Waals surface area contributed by atoms with Gasteiger partial charge in [0, 0.05) is 15.8 Å². The Morgan fingerprint density at radius 2 is 2.14 bits per heavy atom. The largest absolute Gasteiger partial charge is 0.312 e. The topological polar surface area (TPSA) is 12.0 Å². The SMILES string of the molecule is CCCC(C)C(NC)c1ccc(C)s1. The summed E-state index contributed by atoms with van der Waals surface area (Å²) in [5.74, 6) is 0.725. The molecule has 1 heterocycles. The first-order valence-corrected chi connectivity index (χ1v) is 6.24. The molecule has 0 fully saturated rings. The Morgan fingerprint density at radius 1 is 1.43 bits per heavy atom. The number of aryl methyl sites for hydroxylation is 1. The highest BCUT2D eigenvalue weighted by Crippen LogP contribution is 2.30. The Kier molecular flexibility index (Phi) is 4.63. The minimum Gasteiger partial charge on any atom is -0.312 e. The smallest absolute Gasteiger partial charge is 0.0438 e. The molecule has 0 aliphatic carbocycles. The van der Waals surface area contributed by atoms with Gasteiger partial charge in [0.15, 0.2) is 0 Å². The van der Waals surface area contributed by atoms with Crippen molar-refractivity contribution in [3.63, 3.8) is 0 Å². The van der Waals surface area contributed by atoms with Crippen molar-refractivity contribution in [2.24, 2.45) is 5.92 Å². The maximum atomic E-state index is 3.43. The Morgan fingerprint density at radius 3 is 2.57 bits per heavy atom. The first kappa shape index (κ1) is 11.7. The highest BCUT2D eigenvalue weighted by Gasteiger charge is 2.17. The predicted molar refractivity (Wildman–Crippen MR) is 64.9 cm³/mol. The van der Waals surface area contributed by atoms with E-state index in [1.807, 2.05) is 11.3 Å². The third kappa shape index (κ3) is 2.82. The zero-order chi connectivity index (χ0) is 10.6. The van der Waals surface area contributed by atoms with Gasteiger partial charge in [0.05, 0.1) is 0 Å². The van der Waals surface area contributed by atoms with E-state index in [9.17, 15) is 0 Å². The molecule has 0 aliphatic heterocycles. The van der Waals surface area contributed by atoms with E-state index in [2.05, 4.69) is 45.3 Å². The van der Waals surface area contributed by atoms with Gasteiger partial charge in [-0.15, -0.1) is 11.3 Å². The molecule has 0 aromatic carbocycles. The first-order chi connectivity index (χ1) is 6.69. The summed E-state index contributed by atoms with van der Waals surface area (Å²) >= 11 is 1.91. The summed E-state index contributed by atoms with van der Waals surface area (Å²) in [5.41, 5.74) is 0. The van der Waals surface area contributed by atoms with Crippen molar-refractivity contribution in [3.8, 4) is 0 Å². The second kappa shape index (κ2) is 5.52. The van der Waals surface area contributed by atoms with Gasteiger partial charge in [0.2, 0.25) is 0 Å². The minimum atomic E-state index is 0.536. The van der Waals surface area contributed by atoms with Crippen LogP contribution >= 0.6 is 11.3 Å². The summed E-state index contributed by atoms with van der Waals surface area (Å²) in [7, 11) is 2.06. The summed E-state index contributed by atoms with van der Waals surface area (Å²) in [6.45, 7) is 6.76. The predicted octanol–water partition coefficient (Wildman–Crippen LogP) is 3.75. The summed E-state index contributed by atoms with van der Waals surface area (Å²) in [5, 5.41) is 3.43. The lowest BCUT2D eigenvalue weighted by molar-refractivity contribution is 0.389. The number of hydrogen-bond donors (Lipinski definition) is 1. The van der Waals surface area contributed by atoms with Gasteiger partial charge >= 0.3 is 0 Å². The molecule has 1 N–H and O–H groups in total. The molecule has 80 valence electrons. The number of rotatable bonds is 5.